The summed E-state index contributed by atoms with van der Waals surface area (Å²) in [6.45, 7) is 1.72. The summed E-state index contributed by atoms with van der Waals surface area (Å²) in [5.74, 6) is 0.152. The Labute approximate surface area is 121 Å². The summed E-state index contributed by atoms with van der Waals surface area (Å²) in [6, 6.07) is 0.449. The van der Waals surface area contributed by atoms with Crippen LogP contribution >= 0.6 is 0 Å². The van der Waals surface area contributed by atoms with Gasteiger partial charge in [-0.05, 0) is 38.6 Å². The normalized spacial score (nSPS) is 21.1. The van der Waals surface area contributed by atoms with Gasteiger partial charge in [-0.3, -0.25) is 4.79 Å². The number of aliphatic hydroxyl groups is 1. The number of carbonyl (C=O) groups excluding carboxylic acids is 1. The van der Waals surface area contributed by atoms with E-state index in [-0.39, 0.29) is 5.91 Å². The minimum atomic E-state index is -0.448. The van der Waals surface area contributed by atoms with Crippen LogP contribution in [0.2, 0.25) is 0 Å². The minimum absolute atomic E-state index is 0.152. The summed E-state index contributed by atoms with van der Waals surface area (Å²) in [4.78, 5) is 11.4. The second kappa shape index (κ2) is 8.60. The van der Waals surface area contributed by atoms with Crippen molar-refractivity contribution >= 4 is 5.91 Å². The highest BCUT2D eigenvalue weighted by Crippen LogP contribution is 2.20. The van der Waals surface area contributed by atoms with E-state index in [0.717, 1.165) is 38.6 Å². The third-order valence-electron chi connectivity index (χ3n) is 3.91. The Morgan fingerprint density at radius 1 is 1.25 bits per heavy atom. The van der Waals surface area contributed by atoms with Crippen LogP contribution in [-0.2, 0) is 9.53 Å². The molecule has 0 aromatic heterocycles. The van der Waals surface area contributed by atoms with Gasteiger partial charge in [0.2, 0.25) is 5.91 Å². The molecular weight excluding hydrogens is 256 g/mol. The molecule has 3 N–H and O–H groups in total. The van der Waals surface area contributed by atoms with Crippen molar-refractivity contribution in [3.63, 3.8) is 0 Å². The summed E-state index contributed by atoms with van der Waals surface area (Å²) in [7, 11) is 0. The van der Waals surface area contributed by atoms with Gasteiger partial charge in [0.1, 0.15) is 0 Å². The fourth-order valence-corrected chi connectivity index (χ4v) is 2.53. The van der Waals surface area contributed by atoms with E-state index in [1.165, 1.54) is 12.8 Å². The third kappa shape index (κ3) is 6.68. The predicted octanol–water partition coefficient (Wildman–Crippen LogP) is 0.955. The molecule has 0 aromatic carbocycles. The van der Waals surface area contributed by atoms with Crippen molar-refractivity contribution in [2.45, 2.75) is 69.6 Å². The predicted molar refractivity (Wildman–Crippen MR) is 77.5 cm³/mol. The monoisotopic (exact) mass is 284 g/mol. The van der Waals surface area contributed by atoms with Crippen LogP contribution < -0.4 is 10.6 Å². The highest BCUT2D eigenvalue weighted by Gasteiger charge is 2.22. The molecule has 2 aliphatic carbocycles. The van der Waals surface area contributed by atoms with E-state index in [1.807, 2.05) is 0 Å². The first-order valence-electron chi connectivity index (χ1n) is 8.04. The van der Waals surface area contributed by atoms with Crippen LogP contribution in [0.1, 0.15) is 51.4 Å². The van der Waals surface area contributed by atoms with Gasteiger partial charge in [0.05, 0.1) is 18.8 Å². The molecule has 1 unspecified atom stereocenters. The van der Waals surface area contributed by atoms with E-state index in [0.29, 0.717) is 31.7 Å². The Morgan fingerprint density at radius 3 is 2.70 bits per heavy atom. The van der Waals surface area contributed by atoms with Gasteiger partial charge in [-0.15, -0.1) is 0 Å². The van der Waals surface area contributed by atoms with Gasteiger partial charge in [-0.25, -0.2) is 0 Å². The van der Waals surface area contributed by atoms with Gasteiger partial charge >= 0.3 is 0 Å². The maximum Gasteiger partial charge on any atom is 0.220 e. The van der Waals surface area contributed by atoms with Crippen LogP contribution in [0.25, 0.3) is 0 Å². The fourth-order valence-electron chi connectivity index (χ4n) is 2.53. The molecule has 1 atom stereocenters. The van der Waals surface area contributed by atoms with Crippen molar-refractivity contribution in [1.82, 2.24) is 10.6 Å². The van der Waals surface area contributed by atoms with Gasteiger partial charge in [0.15, 0.2) is 0 Å². The second-order valence-corrected chi connectivity index (χ2v) is 6.04. The molecule has 0 heterocycles. The first-order chi connectivity index (χ1) is 9.74. The van der Waals surface area contributed by atoms with Crippen LogP contribution in [0.3, 0.4) is 0 Å². The van der Waals surface area contributed by atoms with Crippen molar-refractivity contribution in [3.8, 4) is 0 Å². The summed E-state index contributed by atoms with van der Waals surface area (Å²) in [5, 5.41) is 15.9. The van der Waals surface area contributed by atoms with Crippen LogP contribution in [-0.4, -0.2) is 49.0 Å². The topological polar surface area (TPSA) is 70.6 Å². The highest BCUT2D eigenvalue weighted by molar-refractivity contribution is 5.76. The zero-order chi connectivity index (χ0) is 14.2. The molecule has 0 radical (unpaired) electrons. The SMILES string of the molecule is O=C(CCCNCC(O)COC1CCCC1)NC1CC1. The molecule has 2 rings (SSSR count). The number of aliphatic hydroxyl groups excluding tert-OH is 1. The molecule has 2 aliphatic rings. The molecule has 116 valence electrons. The van der Waals surface area contributed by atoms with E-state index in [4.69, 9.17) is 4.74 Å². The molecule has 0 bridgehead atoms. The van der Waals surface area contributed by atoms with Gasteiger partial charge < -0.3 is 20.5 Å². The maximum absolute atomic E-state index is 11.4. The van der Waals surface area contributed by atoms with Gasteiger partial charge in [0.25, 0.3) is 0 Å². The largest absolute Gasteiger partial charge is 0.389 e. The van der Waals surface area contributed by atoms with Crippen LogP contribution in [0.4, 0.5) is 0 Å². The molecule has 0 spiro atoms. The lowest BCUT2D eigenvalue weighted by Crippen LogP contribution is -2.33. The van der Waals surface area contributed by atoms with Crippen molar-refractivity contribution in [2.24, 2.45) is 0 Å². The Hall–Kier alpha value is -0.650. The molecule has 1 amide bonds. The lowest BCUT2D eigenvalue weighted by Gasteiger charge is -2.16. The minimum Gasteiger partial charge on any atom is -0.389 e. The van der Waals surface area contributed by atoms with Crippen LogP contribution in [0, 0.1) is 0 Å². The molecule has 2 fully saturated rings. The molecule has 0 aliphatic heterocycles. The Bertz CT molecular complexity index is 289. The quantitative estimate of drug-likeness (QED) is 0.523. The number of carbonyl (C=O) groups is 1. The number of rotatable bonds is 10. The van der Waals surface area contributed by atoms with E-state index in [1.54, 1.807) is 0 Å². The zero-order valence-corrected chi connectivity index (χ0v) is 12.3. The Balaban J connectivity index is 1.38. The molecule has 5 nitrogen and oxygen atoms in total. The van der Waals surface area contributed by atoms with Crippen LogP contribution in [0.5, 0.6) is 0 Å². The van der Waals surface area contributed by atoms with Crippen molar-refractivity contribution < 1.29 is 14.6 Å². The molecule has 0 aromatic rings. The van der Waals surface area contributed by atoms with E-state index < -0.39 is 6.10 Å². The van der Waals surface area contributed by atoms with Gasteiger partial charge in [-0.1, -0.05) is 12.8 Å². The fraction of sp³-hybridized carbons (Fsp3) is 0.933. The molecule has 2 saturated carbocycles. The molecule has 20 heavy (non-hydrogen) atoms. The molecule has 5 heteroatoms. The summed E-state index contributed by atoms with van der Waals surface area (Å²) >= 11 is 0. The standard InChI is InChI=1S/C15H28N2O3/c18-13(11-20-14-4-1-2-5-14)10-16-9-3-6-15(19)17-12-7-8-12/h12-14,16,18H,1-11H2,(H,17,19). The summed E-state index contributed by atoms with van der Waals surface area (Å²) < 4.78 is 5.66. The van der Waals surface area contributed by atoms with Crippen molar-refractivity contribution in [1.29, 1.82) is 0 Å². The smallest absolute Gasteiger partial charge is 0.220 e. The van der Waals surface area contributed by atoms with Gasteiger partial charge in [0, 0.05) is 19.0 Å². The third-order valence-corrected chi connectivity index (χ3v) is 3.91. The van der Waals surface area contributed by atoms with Crippen molar-refractivity contribution in [2.75, 3.05) is 19.7 Å². The Kier molecular flexibility index (Phi) is 6.76. The number of hydrogen-bond acceptors (Lipinski definition) is 4. The van der Waals surface area contributed by atoms with Crippen LogP contribution in [0.15, 0.2) is 0 Å². The average molecular weight is 284 g/mol. The number of amides is 1. The molecule has 0 saturated heterocycles. The number of hydrogen-bond donors (Lipinski definition) is 3. The molecular formula is C15H28N2O3. The van der Waals surface area contributed by atoms with Gasteiger partial charge in [-0.2, -0.15) is 0 Å². The summed E-state index contributed by atoms with van der Waals surface area (Å²) in [5.41, 5.74) is 0. The zero-order valence-electron chi connectivity index (χ0n) is 12.3. The van der Waals surface area contributed by atoms with E-state index in [9.17, 15) is 9.90 Å². The number of ether oxygens (including phenoxy) is 1. The first-order valence-corrected chi connectivity index (χ1v) is 8.04. The maximum atomic E-state index is 11.4. The summed E-state index contributed by atoms with van der Waals surface area (Å²) in [6.07, 6.45) is 8.34. The number of nitrogens with one attached hydrogen (secondary N) is 2. The lowest BCUT2D eigenvalue weighted by molar-refractivity contribution is -0.121. The highest BCUT2D eigenvalue weighted by atomic mass is 16.5. The average Bonchev–Trinajstić information content (AvgIpc) is 3.07. The van der Waals surface area contributed by atoms with Crippen molar-refractivity contribution in [3.05, 3.63) is 0 Å². The van der Waals surface area contributed by atoms with E-state index >= 15 is 0 Å². The lowest BCUT2D eigenvalue weighted by atomic mass is 10.2. The second-order valence-electron chi connectivity index (χ2n) is 6.04. The van der Waals surface area contributed by atoms with E-state index in [2.05, 4.69) is 10.6 Å². The Morgan fingerprint density at radius 2 is 2.00 bits per heavy atom. The first kappa shape index (κ1) is 15.7.